The fourth-order valence-corrected chi connectivity index (χ4v) is 6.30. The van der Waals surface area contributed by atoms with Crippen LogP contribution in [0.5, 0.6) is 0 Å². The van der Waals surface area contributed by atoms with Crippen LogP contribution in [-0.4, -0.2) is 51.8 Å². The van der Waals surface area contributed by atoms with E-state index in [1.165, 1.54) is 31.0 Å². The zero-order valence-corrected chi connectivity index (χ0v) is 21.5. The van der Waals surface area contributed by atoms with Crippen LogP contribution in [0.15, 0.2) is 24.3 Å². The minimum atomic E-state index is -0.971. The highest BCUT2D eigenvalue weighted by Crippen LogP contribution is 2.39. The standard InChI is InChI=1S/C27H41FO5S/c1-3-4-9-16-27(32,18-20-12-14-21(28)15-13-20)19-34-26-22(23(29)17-24(26)30)10-7-5-6-8-11-25(31)33-2/h12-15,22,24,26,30,32H,3-11,16-19H2,1-2H3/t22-,24?,26+,27?/m0/s1. The summed E-state index contributed by atoms with van der Waals surface area (Å²) in [6.45, 7) is 2.12. The number of esters is 1. The Hall–Kier alpha value is -1.44. The Morgan fingerprint density at radius 1 is 1.15 bits per heavy atom. The molecule has 0 bridgehead atoms. The lowest BCUT2D eigenvalue weighted by Gasteiger charge is -2.31. The van der Waals surface area contributed by atoms with Crippen LogP contribution in [0, 0.1) is 11.7 Å². The van der Waals surface area contributed by atoms with E-state index in [0.717, 1.165) is 56.9 Å². The van der Waals surface area contributed by atoms with Crippen molar-refractivity contribution in [1.82, 2.24) is 0 Å². The number of Topliss-reactive ketones (excluding diaryl/α,β-unsaturated/α-hetero) is 1. The first-order valence-corrected chi connectivity index (χ1v) is 13.7. The average molecular weight is 497 g/mol. The molecular weight excluding hydrogens is 455 g/mol. The van der Waals surface area contributed by atoms with Gasteiger partial charge in [-0.05, 0) is 37.0 Å². The maximum absolute atomic E-state index is 13.3. The molecule has 1 saturated carbocycles. The normalized spacial score (nSPS) is 22.0. The maximum Gasteiger partial charge on any atom is 0.305 e. The van der Waals surface area contributed by atoms with Crippen LogP contribution in [0.25, 0.3) is 0 Å². The first kappa shape index (κ1) is 28.8. The molecule has 1 aliphatic rings. The SMILES string of the molecule is CCCCCC(O)(CS[C@H]1C(O)CC(=O)[C@@H]1CCCCCCC(=O)OC)Cc1ccc(F)cc1. The molecule has 0 amide bonds. The first-order valence-electron chi connectivity index (χ1n) is 12.6. The molecule has 4 atom stereocenters. The Labute approximate surface area is 207 Å². The molecule has 7 heteroatoms. The third kappa shape index (κ3) is 9.67. The number of methoxy groups -OCH3 is 1. The topological polar surface area (TPSA) is 83.8 Å². The van der Waals surface area contributed by atoms with Crippen LogP contribution in [0.2, 0.25) is 0 Å². The molecule has 0 heterocycles. The number of unbranched alkanes of at least 4 members (excludes halogenated alkanes) is 5. The summed E-state index contributed by atoms with van der Waals surface area (Å²) in [5.74, 6) is -0.163. The second kappa shape index (κ2) is 14.8. The quantitative estimate of drug-likeness (QED) is 0.240. The number of ketones is 1. The van der Waals surface area contributed by atoms with Gasteiger partial charge in [0, 0.05) is 36.2 Å². The number of ether oxygens (including phenoxy) is 1. The van der Waals surface area contributed by atoms with E-state index in [9.17, 15) is 24.2 Å². The molecule has 34 heavy (non-hydrogen) atoms. The summed E-state index contributed by atoms with van der Waals surface area (Å²) in [6.07, 6.45) is 8.15. The van der Waals surface area contributed by atoms with E-state index in [1.807, 2.05) is 0 Å². The number of halogens is 1. The number of benzene rings is 1. The summed E-state index contributed by atoms with van der Waals surface area (Å²) >= 11 is 1.51. The zero-order valence-electron chi connectivity index (χ0n) is 20.6. The monoisotopic (exact) mass is 496 g/mol. The van der Waals surface area contributed by atoms with Gasteiger partial charge >= 0.3 is 5.97 Å². The molecule has 0 aliphatic heterocycles. The van der Waals surface area contributed by atoms with E-state index in [1.54, 1.807) is 12.1 Å². The molecular formula is C27H41FO5S. The van der Waals surface area contributed by atoms with Crippen molar-refractivity contribution in [2.45, 2.75) is 101 Å². The van der Waals surface area contributed by atoms with Crippen LogP contribution in [0.1, 0.15) is 83.1 Å². The third-order valence-electron chi connectivity index (χ3n) is 6.71. The number of carbonyl (C=O) groups is 2. The number of aliphatic hydroxyl groups excluding tert-OH is 1. The molecule has 1 aromatic rings. The number of aliphatic hydroxyl groups is 2. The van der Waals surface area contributed by atoms with Crippen LogP contribution in [0.4, 0.5) is 4.39 Å². The van der Waals surface area contributed by atoms with E-state index >= 15 is 0 Å². The van der Waals surface area contributed by atoms with Crippen molar-refractivity contribution in [1.29, 1.82) is 0 Å². The summed E-state index contributed by atoms with van der Waals surface area (Å²) in [5, 5.41) is 21.8. The van der Waals surface area contributed by atoms with Gasteiger partial charge < -0.3 is 14.9 Å². The van der Waals surface area contributed by atoms with Crippen molar-refractivity contribution >= 4 is 23.5 Å². The molecule has 1 aromatic carbocycles. The molecule has 192 valence electrons. The molecule has 0 aromatic heterocycles. The number of hydrogen-bond acceptors (Lipinski definition) is 6. The fraction of sp³-hybridized carbons (Fsp3) is 0.704. The molecule has 0 spiro atoms. The minimum Gasteiger partial charge on any atom is -0.469 e. The van der Waals surface area contributed by atoms with Crippen LogP contribution in [-0.2, 0) is 20.7 Å². The van der Waals surface area contributed by atoms with Gasteiger partial charge in [-0.1, -0.05) is 57.6 Å². The van der Waals surface area contributed by atoms with E-state index < -0.39 is 11.7 Å². The van der Waals surface area contributed by atoms with E-state index in [4.69, 9.17) is 0 Å². The molecule has 2 rings (SSSR count). The summed E-state index contributed by atoms with van der Waals surface area (Å²) in [4.78, 5) is 23.8. The van der Waals surface area contributed by atoms with Gasteiger partial charge in [-0.25, -0.2) is 4.39 Å². The zero-order chi connectivity index (χ0) is 25.0. The largest absolute Gasteiger partial charge is 0.469 e. The Morgan fingerprint density at radius 3 is 2.53 bits per heavy atom. The highest BCUT2D eigenvalue weighted by Gasteiger charge is 2.42. The van der Waals surface area contributed by atoms with E-state index in [2.05, 4.69) is 11.7 Å². The molecule has 2 unspecified atom stereocenters. The summed E-state index contributed by atoms with van der Waals surface area (Å²) < 4.78 is 18.0. The molecule has 1 aliphatic carbocycles. The highest BCUT2D eigenvalue weighted by atomic mass is 32.2. The summed E-state index contributed by atoms with van der Waals surface area (Å²) in [6, 6.07) is 6.24. The second-order valence-corrected chi connectivity index (χ2v) is 10.8. The van der Waals surface area contributed by atoms with Crippen LogP contribution >= 0.6 is 11.8 Å². The Bertz CT molecular complexity index is 756. The molecule has 0 radical (unpaired) electrons. The van der Waals surface area contributed by atoms with Gasteiger partial charge in [-0.3, -0.25) is 9.59 Å². The maximum atomic E-state index is 13.3. The van der Waals surface area contributed by atoms with Crippen molar-refractivity contribution in [2.75, 3.05) is 12.9 Å². The van der Waals surface area contributed by atoms with E-state index in [0.29, 0.717) is 25.0 Å². The number of hydrogen-bond donors (Lipinski definition) is 2. The number of thioether (sulfide) groups is 1. The predicted molar refractivity (Wildman–Crippen MR) is 134 cm³/mol. The van der Waals surface area contributed by atoms with Crippen LogP contribution in [0.3, 0.4) is 0 Å². The lowest BCUT2D eigenvalue weighted by Crippen LogP contribution is -2.37. The number of rotatable bonds is 16. The predicted octanol–water partition coefficient (Wildman–Crippen LogP) is 5.24. The smallest absolute Gasteiger partial charge is 0.305 e. The molecule has 5 nitrogen and oxygen atoms in total. The fourth-order valence-electron chi connectivity index (χ4n) is 4.72. The lowest BCUT2D eigenvalue weighted by molar-refractivity contribution is -0.140. The van der Waals surface area contributed by atoms with Gasteiger partial charge in [-0.15, -0.1) is 0 Å². The Balaban J connectivity index is 1.92. The average Bonchev–Trinajstić information content (AvgIpc) is 3.08. The van der Waals surface area contributed by atoms with Crippen molar-refractivity contribution in [2.24, 2.45) is 5.92 Å². The number of carbonyl (C=O) groups excluding carboxylic acids is 2. The van der Waals surface area contributed by atoms with Crippen molar-refractivity contribution in [3.05, 3.63) is 35.6 Å². The van der Waals surface area contributed by atoms with Crippen molar-refractivity contribution in [3.8, 4) is 0 Å². The minimum absolute atomic E-state index is 0.104. The van der Waals surface area contributed by atoms with Gasteiger partial charge in [-0.2, -0.15) is 11.8 Å². The van der Waals surface area contributed by atoms with Gasteiger partial charge in [0.15, 0.2) is 0 Å². The lowest BCUT2D eigenvalue weighted by atomic mass is 9.91. The Morgan fingerprint density at radius 2 is 1.85 bits per heavy atom. The molecule has 0 saturated heterocycles. The van der Waals surface area contributed by atoms with E-state index in [-0.39, 0.29) is 35.2 Å². The van der Waals surface area contributed by atoms with Gasteiger partial charge in [0.25, 0.3) is 0 Å². The van der Waals surface area contributed by atoms with Crippen LogP contribution < -0.4 is 0 Å². The Kier molecular flexibility index (Phi) is 12.6. The second-order valence-electron chi connectivity index (χ2n) is 9.63. The molecule has 2 N–H and O–H groups in total. The van der Waals surface area contributed by atoms with Gasteiger partial charge in [0.2, 0.25) is 0 Å². The van der Waals surface area contributed by atoms with Crippen molar-refractivity contribution < 1.29 is 28.9 Å². The van der Waals surface area contributed by atoms with Crippen molar-refractivity contribution in [3.63, 3.8) is 0 Å². The first-order chi connectivity index (χ1) is 16.3. The molecule has 1 fully saturated rings. The third-order valence-corrected chi connectivity index (χ3v) is 8.44. The summed E-state index contributed by atoms with van der Waals surface area (Å²) in [7, 11) is 1.39. The summed E-state index contributed by atoms with van der Waals surface area (Å²) in [5.41, 5.74) is -0.0888. The van der Waals surface area contributed by atoms with Gasteiger partial charge in [0.1, 0.15) is 11.6 Å². The van der Waals surface area contributed by atoms with Gasteiger partial charge in [0.05, 0.1) is 18.8 Å². The highest BCUT2D eigenvalue weighted by molar-refractivity contribution is 8.00.